The standard InChI is InChI=1S/C15H11BrF4/c1-8-5-9(15(20)7-14(8)19)11(16)6-10-12(17)3-2-4-13(10)18/h2-5,7,11H,6H2,1H3. The van der Waals surface area contributed by atoms with Crippen LogP contribution in [0.4, 0.5) is 17.6 Å². The summed E-state index contributed by atoms with van der Waals surface area (Å²) in [7, 11) is 0. The van der Waals surface area contributed by atoms with E-state index in [1.165, 1.54) is 19.1 Å². The Morgan fingerprint density at radius 2 is 1.55 bits per heavy atom. The molecule has 0 nitrogen and oxygen atoms in total. The lowest BCUT2D eigenvalue weighted by molar-refractivity contribution is 0.545. The predicted octanol–water partition coefficient (Wildman–Crippen LogP) is 5.23. The second-order valence-corrected chi connectivity index (χ2v) is 5.60. The topological polar surface area (TPSA) is 0 Å². The maximum Gasteiger partial charge on any atom is 0.130 e. The highest BCUT2D eigenvalue weighted by atomic mass is 79.9. The molecule has 1 unspecified atom stereocenters. The lowest BCUT2D eigenvalue weighted by atomic mass is 10.0. The van der Waals surface area contributed by atoms with E-state index < -0.39 is 28.1 Å². The average molecular weight is 347 g/mol. The molecule has 0 radical (unpaired) electrons. The third-order valence-corrected chi connectivity index (χ3v) is 3.88. The molecule has 0 N–H and O–H groups in total. The fourth-order valence-corrected chi connectivity index (χ4v) is 2.61. The van der Waals surface area contributed by atoms with Gasteiger partial charge in [-0.2, -0.15) is 0 Å². The van der Waals surface area contributed by atoms with Crippen molar-refractivity contribution < 1.29 is 17.6 Å². The third kappa shape index (κ3) is 3.03. The van der Waals surface area contributed by atoms with Crippen molar-refractivity contribution in [3.63, 3.8) is 0 Å². The molecule has 20 heavy (non-hydrogen) atoms. The van der Waals surface area contributed by atoms with Crippen LogP contribution in [0.2, 0.25) is 0 Å². The summed E-state index contributed by atoms with van der Waals surface area (Å²) in [6.07, 6.45) is -0.0689. The van der Waals surface area contributed by atoms with Gasteiger partial charge in [-0.1, -0.05) is 22.0 Å². The number of hydrogen-bond donors (Lipinski definition) is 0. The fraction of sp³-hybridized carbons (Fsp3) is 0.200. The maximum atomic E-state index is 13.7. The van der Waals surface area contributed by atoms with E-state index in [-0.39, 0.29) is 23.1 Å². The first-order chi connectivity index (χ1) is 9.40. The van der Waals surface area contributed by atoms with Crippen LogP contribution in [0.15, 0.2) is 30.3 Å². The van der Waals surface area contributed by atoms with E-state index in [2.05, 4.69) is 15.9 Å². The Labute approximate surface area is 122 Å². The molecule has 0 amide bonds. The van der Waals surface area contributed by atoms with Crippen molar-refractivity contribution in [1.82, 2.24) is 0 Å². The van der Waals surface area contributed by atoms with Gasteiger partial charge in [-0.25, -0.2) is 17.6 Å². The van der Waals surface area contributed by atoms with Gasteiger partial charge in [0.2, 0.25) is 0 Å². The molecule has 0 aliphatic heterocycles. The maximum absolute atomic E-state index is 13.7. The summed E-state index contributed by atoms with van der Waals surface area (Å²) in [5.74, 6) is -2.77. The summed E-state index contributed by atoms with van der Waals surface area (Å²) in [4.78, 5) is -0.645. The minimum atomic E-state index is -0.744. The van der Waals surface area contributed by atoms with Crippen molar-refractivity contribution in [3.8, 4) is 0 Å². The number of hydrogen-bond acceptors (Lipinski definition) is 0. The fourth-order valence-electron chi connectivity index (χ4n) is 1.94. The summed E-state index contributed by atoms with van der Waals surface area (Å²) in [5, 5.41) is 0. The Balaban J connectivity index is 2.33. The first kappa shape index (κ1) is 15.0. The lowest BCUT2D eigenvalue weighted by Crippen LogP contribution is -2.04. The quantitative estimate of drug-likeness (QED) is 0.527. The molecule has 5 heteroatoms. The van der Waals surface area contributed by atoms with Gasteiger partial charge < -0.3 is 0 Å². The van der Waals surface area contributed by atoms with E-state index in [0.717, 1.165) is 18.2 Å². The molecule has 0 aliphatic rings. The van der Waals surface area contributed by atoms with Gasteiger partial charge in [-0.3, -0.25) is 0 Å². The highest BCUT2D eigenvalue weighted by Crippen LogP contribution is 2.32. The number of alkyl halides is 1. The van der Waals surface area contributed by atoms with Gasteiger partial charge >= 0.3 is 0 Å². The second-order valence-electron chi connectivity index (χ2n) is 4.49. The van der Waals surface area contributed by atoms with Crippen LogP contribution in [0.5, 0.6) is 0 Å². The molecule has 0 saturated heterocycles. The van der Waals surface area contributed by atoms with E-state index in [0.29, 0.717) is 0 Å². The summed E-state index contributed by atoms with van der Waals surface area (Å²) < 4.78 is 54.0. The summed E-state index contributed by atoms with van der Waals surface area (Å²) in [6.45, 7) is 1.50. The van der Waals surface area contributed by atoms with Crippen LogP contribution in [0.3, 0.4) is 0 Å². The molecule has 0 fully saturated rings. The zero-order valence-electron chi connectivity index (χ0n) is 10.6. The Kier molecular flexibility index (Phi) is 4.48. The zero-order valence-corrected chi connectivity index (χ0v) is 12.1. The SMILES string of the molecule is Cc1cc(C(Br)Cc2c(F)cccc2F)c(F)cc1F. The Morgan fingerprint density at radius 1 is 0.950 bits per heavy atom. The van der Waals surface area contributed by atoms with Gasteiger partial charge in [0.05, 0.1) is 0 Å². The molecular weight excluding hydrogens is 336 g/mol. The number of benzene rings is 2. The molecule has 0 saturated carbocycles. The molecule has 0 spiro atoms. The Hall–Kier alpha value is -1.36. The largest absolute Gasteiger partial charge is 0.207 e. The van der Waals surface area contributed by atoms with E-state index in [4.69, 9.17) is 0 Å². The van der Waals surface area contributed by atoms with Crippen molar-refractivity contribution in [2.75, 3.05) is 0 Å². The van der Waals surface area contributed by atoms with Crippen LogP contribution in [0, 0.1) is 30.2 Å². The Bertz CT molecular complexity index is 620. The molecule has 2 aromatic rings. The first-order valence-corrected chi connectivity index (χ1v) is 6.84. The van der Waals surface area contributed by atoms with Crippen LogP contribution in [0.25, 0.3) is 0 Å². The summed E-state index contributed by atoms with van der Waals surface area (Å²) in [6, 6.07) is 5.66. The molecule has 0 aromatic heterocycles. The van der Waals surface area contributed by atoms with Crippen molar-refractivity contribution >= 4 is 15.9 Å². The molecule has 0 heterocycles. The Morgan fingerprint density at radius 3 is 2.15 bits per heavy atom. The third-order valence-electron chi connectivity index (χ3n) is 3.06. The summed E-state index contributed by atoms with van der Waals surface area (Å²) in [5.41, 5.74) is 0.321. The second kappa shape index (κ2) is 5.95. The van der Waals surface area contributed by atoms with Crippen LogP contribution in [0.1, 0.15) is 21.5 Å². The van der Waals surface area contributed by atoms with Crippen LogP contribution < -0.4 is 0 Å². The van der Waals surface area contributed by atoms with Crippen LogP contribution in [-0.2, 0) is 6.42 Å². The number of rotatable bonds is 3. The molecule has 2 rings (SSSR count). The number of aryl methyl sites for hydroxylation is 1. The highest BCUT2D eigenvalue weighted by Gasteiger charge is 2.19. The lowest BCUT2D eigenvalue weighted by Gasteiger charge is -2.14. The van der Waals surface area contributed by atoms with Gasteiger partial charge in [0.25, 0.3) is 0 Å². The summed E-state index contributed by atoms with van der Waals surface area (Å²) >= 11 is 3.20. The van der Waals surface area contributed by atoms with Crippen molar-refractivity contribution in [1.29, 1.82) is 0 Å². The van der Waals surface area contributed by atoms with Crippen molar-refractivity contribution in [2.45, 2.75) is 18.2 Å². The molecule has 2 aromatic carbocycles. The van der Waals surface area contributed by atoms with Gasteiger partial charge in [-0.15, -0.1) is 0 Å². The minimum absolute atomic E-state index is 0.0689. The average Bonchev–Trinajstić information content (AvgIpc) is 2.38. The van der Waals surface area contributed by atoms with Gasteiger partial charge in [0.15, 0.2) is 0 Å². The molecule has 0 aliphatic carbocycles. The normalized spacial score (nSPS) is 12.5. The zero-order chi connectivity index (χ0) is 14.9. The van der Waals surface area contributed by atoms with E-state index in [9.17, 15) is 17.6 Å². The van der Waals surface area contributed by atoms with E-state index in [1.54, 1.807) is 0 Å². The smallest absolute Gasteiger partial charge is 0.130 e. The van der Waals surface area contributed by atoms with Gasteiger partial charge in [0.1, 0.15) is 23.3 Å². The first-order valence-electron chi connectivity index (χ1n) is 5.92. The molecule has 1 atom stereocenters. The molecule has 0 bridgehead atoms. The van der Waals surface area contributed by atoms with Gasteiger partial charge in [0, 0.05) is 22.0 Å². The van der Waals surface area contributed by atoms with Crippen LogP contribution in [-0.4, -0.2) is 0 Å². The van der Waals surface area contributed by atoms with Crippen molar-refractivity contribution in [3.05, 3.63) is 70.3 Å². The highest BCUT2D eigenvalue weighted by molar-refractivity contribution is 9.09. The molecular formula is C15H11BrF4. The number of halogens is 5. The van der Waals surface area contributed by atoms with E-state index >= 15 is 0 Å². The minimum Gasteiger partial charge on any atom is -0.207 e. The van der Waals surface area contributed by atoms with Crippen LogP contribution >= 0.6 is 15.9 Å². The molecule has 106 valence electrons. The van der Waals surface area contributed by atoms with Gasteiger partial charge in [-0.05, 0) is 37.1 Å². The predicted molar refractivity (Wildman–Crippen MR) is 72.8 cm³/mol. The van der Waals surface area contributed by atoms with Crippen molar-refractivity contribution in [2.24, 2.45) is 0 Å². The monoisotopic (exact) mass is 346 g/mol. The van der Waals surface area contributed by atoms with E-state index in [1.807, 2.05) is 0 Å².